The van der Waals surface area contributed by atoms with Gasteiger partial charge < -0.3 is 34.1 Å². The Hall–Kier alpha value is -7.36. The third-order valence-corrected chi connectivity index (χ3v) is 27.5. The molecule has 5 fully saturated rings. The molecule has 39 heteroatoms. The van der Waals surface area contributed by atoms with E-state index in [0.29, 0.717) is 144 Å². The molecule has 15 rings (SSSR count). The van der Waals surface area contributed by atoms with Crippen molar-refractivity contribution in [2.24, 2.45) is 0 Å². The Balaban J connectivity index is 0.000000136. The van der Waals surface area contributed by atoms with Crippen molar-refractivity contribution in [2.75, 3.05) is 214 Å². The number of amides is 1. The Morgan fingerprint density at radius 2 is 0.800 bits per heavy atom. The van der Waals surface area contributed by atoms with Gasteiger partial charge in [-0.2, -0.15) is 42.7 Å². The van der Waals surface area contributed by atoms with Crippen LogP contribution in [0.2, 0.25) is 20.1 Å². The van der Waals surface area contributed by atoms with Crippen molar-refractivity contribution in [2.45, 2.75) is 40.0 Å². The number of halogens is 4. The highest BCUT2D eigenvalue weighted by molar-refractivity contribution is 7.89. The maximum Gasteiger partial charge on any atom is 0.236 e. The first kappa shape index (κ1) is 83.6. The first-order valence-corrected chi connectivity index (χ1v) is 44.7. The highest BCUT2D eigenvalue weighted by atomic mass is 35.5. The first-order valence-electron chi connectivity index (χ1n) is 36.3. The number of nitrogens with zero attached hydrogens (tertiary/aromatic N) is 16. The Bertz CT molecular complexity index is 5300. The molecule has 5 aliphatic rings. The molecule has 598 valence electrons. The number of sulfonamides is 4. The van der Waals surface area contributed by atoms with Gasteiger partial charge in [0.1, 0.15) is 0 Å². The number of benzene rings is 5. The average molecular weight is 1670 g/mol. The van der Waals surface area contributed by atoms with E-state index in [1.807, 2.05) is 74.8 Å². The largest absolute Gasteiger partial charge is 0.384 e. The van der Waals surface area contributed by atoms with Gasteiger partial charge in [-0.05, 0) is 85.5 Å². The van der Waals surface area contributed by atoms with E-state index in [1.165, 1.54) is 33.8 Å². The summed E-state index contributed by atoms with van der Waals surface area (Å²) < 4.78 is 106. The Morgan fingerprint density at radius 1 is 0.464 bits per heavy atom. The summed E-state index contributed by atoms with van der Waals surface area (Å²) in [5.74, 6) is 0.820. The number of aromatic nitrogens is 10. The van der Waals surface area contributed by atoms with Crippen LogP contribution >= 0.6 is 46.4 Å². The summed E-state index contributed by atoms with van der Waals surface area (Å²) in [6.07, 6.45) is 10.4. The van der Waals surface area contributed by atoms with E-state index in [1.54, 1.807) is 40.0 Å². The molecule has 10 aromatic rings. The highest BCUT2D eigenvalue weighted by Gasteiger charge is 2.32. The molecule has 0 atom stereocenters. The summed E-state index contributed by atoms with van der Waals surface area (Å²) >= 11 is 24.7. The average Bonchev–Trinajstić information content (AvgIpc) is 1.55. The SMILES string of the molecule is CC(C)c1cc(N2CCN(S(C)(=O)=O)CC2)c2cn[nH]c2c1.CCCS(=O)(=O)N1CCN(c2cc(Cl)cc3[nH]ncc23)CC1.CN(C)C(=O)CN1CCN(c2cc(Cl)cc3[nH]ncc23)CC1.COCCS(=O)(=O)N1CCN(c2cc(Cl)cc3[nH]ncc23)CC1.Cc1[nH]nc2cc(Cl)cc(N3CCN(S(C)(=O)=O)CC3)c12. The van der Waals surface area contributed by atoms with Gasteiger partial charge in [0.2, 0.25) is 46.0 Å². The molecule has 0 saturated carbocycles. The van der Waals surface area contributed by atoms with Gasteiger partial charge >= 0.3 is 0 Å². The van der Waals surface area contributed by atoms with Crippen molar-refractivity contribution in [1.82, 2.24) is 78.0 Å². The van der Waals surface area contributed by atoms with E-state index in [9.17, 15) is 38.5 Å². The number of hydrogen-bond acceptors (Lipinski definition) is 21. The molecule has 0 unspecified atom stereocenters. The molecule has 5 aliphatic heterocycles. The van der Waals surface area contributed by atoms with Crippen LogP contribution < -0.4 is 24.5 Å². The smallest absolute Gasteiger partial charge is 0.236 e. The number of fused-ring (bicyclic) bond motifs is 5. The lowest BCUT2D eigenvalue weighted by molar-refractivity contribution is -0.130. The van der Waals surface area contributed by atoms with Crippen LogP contribution in [0.25, 0.3) is 54.5 Å². The lowest BCUT2D eigenvalue weighted by Gasteiger charge is -2.36. The van der Waals surface area contributed by atoms with Gasteiger partial charge in [-0.25, -0.2) is 33.7 Å². The second kappa shape index (κ2) is 36.2. The third kappa shape index (κ3) is 20.5. The van der Waals surface area contributed by atoms with E-state index in [0.717, 1.165) is 115 Å². The van der Waals surface area contributed by atoms with E-state index < -0.39 is 40.1 Å². The summed E-state index contributed by atoms with van der Waals surface area (Å²) in [7, 11) is -7.50. The third-order valence-electron chi connectivity index (χ3n) is 20.1. The van der Waals surface area contributed by atoms with Crippen LogP contribution in [0.15, 0.2) is 85.5 Å². The molecule has 5 aromatic heterocycles. The fourth-order valence-corrected chi connectivity index (χ4v) is 19.4. The van der Waals surface area contributed by atoms with Crippen LogP contribution in [0.4, 0.5) is 28.4 Å². The van der Waals surface area contributed by atoms with Gasteiger partial charge in [0, 0.05) is 233 Å². The second-order valence-corrected chi connectivity index (χ2v) is 38.1. The molecule has 0 radical (unpaired) electrons. The number of aromatic amines is 5. The van der Waals surface area contributed by atoms with Crippen molar-refractivity contribution in [1.29, 1.82) is 0 Å². The zero-order chi connectivity index (χ0) is 79.0. The van der Waals surface area contributed by atoms with Crippen molar-refractivity contribution < 1.29 is 43.2 Å². The number of nitrogens with one attached hydrogen (secondary N) is 5. The number of likely N-dealkylation sites (N-methyl/N-ethyl adjacent to an activating group) is 1. The number of methoxy groups -OCH3 is 1. The number of piperazine rings is 5. The topological polar surface area (TPSA) is 342 Å². The van der Waals surface area contributed by atoms with Crippen molar-refractivity contribution in [3.63, 3.8) is 0 Å². The van der Waals surface area contributed by atoms with Gasteiger partial charge in [0.15, 0.2) is 0 Å². The minimum absolute atomic E-state index is 0.0205. The fraction of sp³-hybridized carbons (Fsp3) is 0.493. The molecule has 10 heterocycles. The quantitative estimate of drug-likeness (QED) is 0.0573. The van der Waals surface area contributed by atoms with E-state index in [4.69, 9.17) is 51.1 Å². The molecule has 5 aromatic carbocycles. The Labute approximate surface area is 662 Å². The Kier molecular flexibility index (Phi) is 27.5. The number of carbonyl (C=O) groups is 1. The van der Waals surface area contributed by atoms with Gasteiger partial charge in [0.05, 0.1) is 89.5 Å². The lowest BCUT2D eigenvalue weighted by Crippen LogP contribution is -2.49. The van der Waals surface area contributed by atoms with Crippen molar-refractivity contribution in [3.8, 4) is 0 Å². The fourth-order valence-electron chi connectivity index (χ4n) is 14.0. The Morgan fingerprint density at radius 3 is 1.16 bits per heavy atom. The molecular weight excluding hydrogens is 1580 g/mol. The maximum absolute atomic E-state index is 12.2. The zero-order valence-corrected chi connectivity index (χ0v) is 69.5. The number of anilines is 5. The number of aryl methyl sites for hydroxylation is 1. The van der Waals surface area contributed by atoms with Crippen molar-refractivity contribution in [3.05, 3.63) is 117 Å². The van der Waals surface area contributed by atoms with Crippen LogP contribution in [0.3, 0.4) is 0 Å². The monoisotopic (exact) mass is 1670 g/mol. The number of carbonyl (C=O) groups excluding carboxylic acids is 1. The molecule has 0 aliphatic carbocycles. The van der Waals surface area contributed by atoms with Gasteiger partial charge in [0.25, 0.3) is 0 Å². The normalized spacial score (nSPS) is 17.1. The molecule has 110 heavy (non-hydrogen) atoms. The first-order chi connectivity index (χ1) is 52.3. The van der Waals surface area contributed by atoms with Crippen LogP contribution in [-0.4, -0.2) is 307 Å². The molecule has 5 saturated heterocycles. The molecule has 5 N–H and O–H groups in total. The summed E-state index contributed by atoms with van der Waals surface area (Å²) in [4.78, 5) is 26.7. The minimum atomic E-state index is -3.25. The minimum Gasteiger partial charge on any atom is -0.384 e. The van der Waals surface area contributed by atoms with Crippen LogP contribution in [0.1, 0.15) is 44.4 Å². The second-order valence-electron chi connectivity index (χ2n) is 28.2. The number of H-pyrrole nitrogens is 5. The van der Waals surface area contributed by atoms with E-state index in [2.05, 4.69) is 106 Å². The predicted molar refractivity (Wildman–Crippen MR) is 441 cm³/mol. The zero-order valence-electron chi connectivity index (χ0n) is 63.2. The number of ether oxygens (including phenoxy) is 1. The molecule has 31 nitrogen and oxygen atoms in total. The molecule has 1 amide bonds. The van der Waals surface area contributed by atoms with Crippen LogP contribution in [0, 0.1) is 6.92 Å². The van der Waals surface area contributed by atoms with E-state index in [-0.39, 0.29) is 24.0 Å². The maximum atomic E-state index is 12.2. The molecular formula is C71H97Cl4N21O10S4. The van der Waals surface area contributed by atoms with Gasteiger partial charge in [-0.15, -0.1) is 0 Å². The van der Waals surface area contributed by atoms with E-state index >= 15 is 0 Å². The summed E-state index contributed by atoms with van der Waals surface area (Å²) in [5, 5.41) is 43.3. The van der Waals surface area contributed by atoms with Gasteiger partial charge in [-0.1, -0.05) is 67.2 Å². The molecule has 0 bridgehead atoms. The van der Waals surface area contributed by atoms with Crippen LogP contribution in [-0.2, 0) is 49.6 Å². The highest BCUT2D eigenvalue weighted by Crippen LogP contribution is 2.37. The van der Waals surface area contributed by atoms with Gasteiger partial charge in [-0.3, -0.25) is 35.2 Å². The lowest BCUT2D eigenvalue weighted by atomic mass is 10.00. The van der Waals surface area contributed by atoms with Crippen LogP contribution in [0.5, 0.6) is 0 Å². The standard InChI is InChI=1S/C15H20ClN5O.C15H22N4O2S.C14H19ClN4O3S.C14H19ClN4O2S.C13H17ClN4O2S/c1-19(2)15(22)10-20-3-5-21(6-4-20)14-8-11(16)7-13-12(14)9-17-18-13;1-11(2)12-8-14-13(10-16-17-14)15(9-12)18-4-6-19(7-5-18)22(3,20)21;1-22-6-7-23(20,21)19-4-2-18(3-5-19)14-9-11(15)8-13-12(14)10-16-17-13;1-2-7-22(20,21)19-5-3-18(4-6-19)14-9-11(15)8-13-12(14)10-16-17-13;1-9-13-11(16-15-9)7-10(14)8-12(13)17-3-5-18(6-4-17)21(2,19)20/h7-9H,3-6,10H2,1-2H3,(H,17,18);8-11H,4-7H2,1-3H3,(H,16,17);8-10H,2-7H2,1H3,(H,16,17);8-10H,2-7H2,1H3,(H,16,17);7-8H,3-6H2,1-2H3,(H,15,16). The summed E-state index contributed by atoms with van der Waals surface area (Å²) in [6, 6.07) is 19.5. The number of rotatable bonds is 17. The summed E-state index contributed by atoms with van der Waals surface area (Å²) in [6.45, 7) is 21.6. The number of hydrogen-bond donors (Lipinski definition) is 5. The van der Waals surface area contributed by atoms with Crippen molar-refractivity contribution >= 4 is 175 Å². The predicted octanol–water partition coefficient (Wildman–Crippen LogP) is 8.19. The molecule has 0 spiro atoms. The summed E-state index contributed by atoms with van der Waals surface area (Å²) in [5.41, 5.74) is 12.1.